The Labute approximate surface area is 138 Å². The summed E-state index contributed by atoms with van der Waals surface area (Å²) in [4.78, 5) is 25.1. The first kappa shape index (κ1) is 16.5. The first-order chi connectivity index (χ1) is 10.6. The van der Waals surface area contributed by atoms with Gasteiger partial charge in [0.25, 0.3) is 0 Å². The monoisotopic (exact) mass is 336 g/mol. The van der Waals surface area contributed by atoms with Gasteiger partial charge in [-0.2, -0.15) is 0 Å². The van der Waals surface area contributed by atoms with Gasteiger partial charge >= 0.3 is 5.97 Å². The highest BCUT2D eigenvalue weighted by atomic mass is 35.5. The third-order valence-electron chi connectivity index (χ3n) is 3.13. The minimum absolute atomic E-state index is 0.132. The number of hydrogen-bond acceptors (Lipinski definition) is 3. The summed E-state index contributed by atoms with van der Waals surface area (Å²) in [7, 11) is 0. The van der Waals surface area contributed by atoms with Gasteiger partial charge in [-0.05, 0) is 24.6 Å². The van der Waals surface area contributed by atoms with Crippen LogP contribution in [0.1, 0.15) is 28.8 Å². The Bertz CT molecular complexity index is 663. The fourth-order valence-corrected chi connectivity index (χ4v) is 2.73. The first-order valence-electron chi connectivity index (χ1n) is 6.76. The van der Waals surface area contributed by atoms with Crippen molar-refractivity contribution < 1.29 is 14.3 Å². The predicted molar refractivity (Wildman–Crippen MR) is 86.6 cm³/mol. The molecule has 1 unspecified atom stereocenters. The molecule has 0 N–H and O–H groups in total. The lowest BCUT2D eigenvalue weighted by Crippen LogP contribution is -2.25. The van der Waals surface area contributed by atoms with Crippen LogP contribution in [0, 0.1) is 0 Å². The Balaban J connectivity index is 2.50. The van der Waals surface area contributed by atoms with Crippen LogP contribution >= 0.6 is 23.2 Å². The molecular weight excluding hydrogens is 323 g/mol. The van der Waals surface area contributed by atoms with Crippen LogP contribution in [0.4, 0.5) is 0 Å². The number of rotatable bonds is 5. The molecule has 0 aliphatic carbocycles. The van der Waals surface area contributed by atoms with E-state index >= 15 is 0 Å². The second-order valence-corrected chi connectivity index (χ2v) is 5.37. The Morgan fingerprint density at radius 3 is 2.14 bits per heavy atom. The fourth-order valence-electron chi connectivity index (χ4n) is 2.14. The number of esters is 1. The van der Waals surface area contributed by atoms with Crippen LogP contribution in [0.5, 0.6) is 0 Å². The number of carbonyl (C=O) groups is 2. The zero-order valence-corrected chi connectivity index (χ0v) is 13.4. The average Bonchev–Trinajstić information content (AvgIpc) is 2.48. The predicted octanol–water partition coefficient (Wildman–Crippen LogP) is 4.52. The lowest BCUT2D eigenvalue weighted by Gasteiger charge is -2.16. The van der Waals surface area contributed by atoms with E-state index in [1.165, 1.54) is 0 Å². The summed E-state index contributed by atoms with van der Waals surface area (Å²) in [6.45, 7) is 1.87. The molecule has 0 aliphatic rings. The molecule has 1 atom stereocenters. The maximum atomic E-state index is 12.8. The molecule has 0 radical (unpaired) electrons. The summed E-state index contributed by atoms with van der Waals surface area (Å²) in [5.74, 6) is -2.17. The molecule has 114 valence electrons. The molecule has 5 heteroatoms. The van der Waals surface area contributed by atoms with E-state index in [0.717, 1.165) is 0 Å². The molecule has 2 aromatic rings. The highest BCUT2D eigenvalue weighted by Crippen LogP contribution is 2.31. The van der Waals surface area contributed by atoms with Gasteiger partial charge in [-0.3, -0.25) is 9.59 Å². The Kier molecular flexibility index (Phi) is 5.58. The number of ether oxygens (including phenoxy) is 1. The molecule has 0 amide bonds. The molecule has 0 saturated heterocycles. The van der Waals surface area contributed by atoms with Gasteiger partial charge in [0, 0.05) is 0 Å². The highest BCUT2D eigenvalue weighted by molar-refractivity contribution is 6.40. The number of Topliss-reactive ketones (excluding diaryl/α,β-unsaturated/α-hetero) is 1. The Hall–Kier alpha value is -1.84. The molecule has 0 aromatic heterocycles. The van der Waals surface area contributed by atoms with E-state index in [1.54, 1.807) is 55.5 Å². The quantitative estimate of drug-likeness (QED) is 0.458. The lowest BCUT2D eigenvalue weighted by molar-refractivity contribution is -0.143. The van der Waals surface area contributed by atoms with E-state index < -0.39 is 17.7 Å². The molecule has 2 aromatic carbocycles. The van der Waals surface area contributed by atoms with E-state index in [2.05, 4.69) is 0 Å². The third kappa shape index (κ3) is 3.49. The van der Waals surface area contributed by atoms with Crippen molar-refractivity contribution in [1.82, 2.24) is 0 Å². The maximum absolute atomic E-state index is 12.8. The van der Waals surface area contributed by atoms with Gasteiger partial charge in [0.1, 0.15) is 5.92 Å². The van der Waals surface area contributed by atoms with Gasteiger partial charge in [0.05, 0.1) is 22.2 Å². The molecule has 0 saturated carbocycles. The fraction of sp³-hybridized carbons (Fsp3) is 0.176. The third-order valence-corrected chi connectivity index (χ3v) is 3.76. The minimum atomic E-state index is -1.08. The van der Waals surface area contributed by atoms with Crippen LogP contribution in [-0.4, -0.2) is 18.4 Å². The number of benzene rings is 2. The van der Waals surface area contributed by atoms with Gasteiger partial charge in [-0.25, -0.2) is 0 Å². The number of ketones is 1. The molecule has 0 heterocycles. The summed E-state index contributed by atoms with van der Waals surface area (Å²) in [6.07, 6.45) is 0. The smallest absolute Gasteiger partial charge is 0.321 e. The molecule has 22 heavy (non-hydrogen) atoms. The van der Waals surface area contributed by atoms with Crippen LogP contribution < -0.4 is 0 Å². The Morgan fingerprint density at radius 2 is 1.59 bits per heavy atom. The first-order valence-corrected chi connectivity index (χ1v) is 7.51. The summed E-state index contributed by atoms with van der Waals surface area (Å²) in [5, 5.41) is 0.422. The number of carbonyl (C=O) groups excluding carboxylic acids is 2. The maximum Gasteiger partial charge on any atom is 0.321 e. The van der Waals surface area contributed by atoms with Crippen molar-refractivity contribution in [2.45, 2.75) is 12.8 Å². The van der Waals surface area contributed by atoms with Crippen molar-refractivity contribution in [3.05, 3.63) is 69.7 Å². The van der Waals surface area contributed by atoms with Crippen LogP contribution in [-0.2, 0) is 9.53 Å². The summed E-state index contributed by atoms with van der Waals surface area (Å²) >= 11 is 12.2. The topological polar surface area (TPSA) is 43.4 Å². The second-order valence-electron chi connectivity index (χ2n) is 4.56. The van der Waals surface area contributed by atoms with E-state index in [0.29, 0.717) is 5.56 Å². The average molecular weight is 337 g/mol. The van der Waals surface area contributed by atoms with Crippen molar-refractivity contribution in [3.63, 3.8) is 0 Å². The zero-order valence-electron chi connectivity index (χ0n) is 11.9. The van der Waals surface area contributed by atoms with Gasteiger partial charge in [-0.15, -0.1) is 0 Å². The standard InChI is InChI=1S/C17H14Cl2O3/c1-2-22-17(21)14(11-7-4-3-5-8-11)16(20)15-12(18)9-6-10-13(15)19/h3-10,14H,2H2,1H3. The molecule has 0 fully saturated rings. The minimum Gasteiger partial charge on any atom is -0.465 e. The van der Waals surface area contributed by atoms with Crippen LogP contribution in [0.2, 0.25) is 10.0 Å². The van der Waals surface area contributed by atoms with Crippen molar-refractivity contribution in [2.24, 2.45) is 0 Å². The van der Waals surface area contributed by atoms with E-state index in [9.17, 15) is 9.59 Å². The molecule has 0 bridgehead atoms. The van der Waals surface area contributed by atoms with Crippen LogP contribution in [0.3, 0.4) is 0 Å². The second kappa shape index (κ2) is 7.43. The lowest BCUT2D eigenvalue weighted by atomic mass is 9.90. The van der Waals surface area contributed by atoms with Gasteiger partial charge < -0.3 is 4.74 Å². The van der Waals surface area contributed by atoms with Crippen LogP contribution in [0.15, 0.2) is 48.5 Å². The highest BCUT2D eigenvalue weighted by Gasteiger charge is 2.32. The van der Waals surface area contributed by atoms with Crippen molar-refractivity contribution >= 4 is 35.0 Å². The van der Waals surface area contributed by atoms with Crippen LogP contribution in [0.25, 0.3) is 0 Å². The largest absolute Gasteiger partial charge is 0.465 e. The summed E-state index contributed by atoms with van der Waals surface area (Å²) in [6, 6.07) is 13.5. The van der Waals surface area contributed by atoms with Crippen molar-refractivity contribution in [3.8, 4) is 0 Å². The normalized spacial score (nSPS) is 11.8. The number of hydrogen-bond donors (Lipinski definition) is 0. The van der Waals surface area contributed by atoms with E-state index in [1.807, 2.05) is 0 Å². The van der Waals surface area contributed by atoms with Crippen molar-refractivity contribution in [2.75, 3.05) is 6.61 Å². The van der Waals surface area contributed by atoms with Gasteiger partial charge in [-0.1, -0.05) is 59.6 Å². The summed E-state index contributed by atoms with van der Waals surface area (Å²) in [5.41, 5.74) is 0.676. The molecule has 0 spiro atoms. The van der Waals surface area contributed by atoms with Gasteiger partial charge in [0.2, 0.25) is 0 Å². The van der Waals surface area contributed by atoms with Crippen molar-refractivity contribution in [1.29, 1.82) is 0 Å². The molecular formula is C17H14Cl2O3. The molecule has 0 aliphatic heterocycles. The van der Waals surface area contributed by atoms with E-state index in [-0.39, 0.29) is 22.2 Å². The molecule has 2 rings (SSSR count). The molecule has 3 nitrogen and oxygen atoms in total. The number of halogens is 2. The Morgan fingerprint density at radius 1 is 1.00 bits per heavy atom. The SMILES string of the molecule is CCOC(=O)C(C(=O)c1c(Cl)cccc1Cl)c1ccccc1. The zero-order chi connectivity index (χ0) is 16.1. The van der Waals surface area contributed by atoms with Gasteiger partial charge in [0.15, 0.2) is 5.78 Å². The summed E-state index contributed by atoms with van der Waals surface area (Å²) < 4.78 is 5.03. The van der Waals surface area contributed by atoms with E-state index in [4.69, 9.17) is 27.9 Å².